The van der Waals surface area contributed by atoms with E-state index in [-0.39, 0.29) is 0 Å². The largest absolute Gasteiger partial charge is 0.465 e. The molecule has 0 amide bonds. The summed E-state index contributed by atoms with van der Waals surface area (Å²) in [7, 11) is 0.977. The van der Waals surface area contributed by atoms with Crippen LogP contribution in [0.1, 0.15) is 10.4 Å². The Morgan fingerprint density at radius 2 is 2.12 bits per heavy atom. The molecule has 17 heavy (non-hydrogen) atoms. The summed E-state index contributed by atoms with van der Waals surface area (Å²) in [5, 5.41) is 10.6. The number of nitro groups is 1. The van der Waals surface area contributed by atoms with Gasteiger partial charge in [0.25, 0.3) is 5.69 Å². The van der Waals surface area contributed by atoms with Crippen LogP contribution in [0.3, 0.4) is 0 Å². The van der Waals surface area contributed by atoms with Gasteiger partial charge in [0.1, 0.15) is 5.75 Å². The van der Waals surface area contributed by atoms with Crippen LogP contribution in [-0.2, 0) is 4.74 Å². The highest BCUT2D eigenvalue weighted by Gasteiger charge is 2.27. The molecule has 0 atom stereocenters. The number of hydrogen-bond donors (Lipinski definition) is 0. The number of rotatable bonds is 4. The summed E-state index contributed by atoms with van der Waals surface area (Å²) >= 11 is 0. The van der Waals surface area contributed by atoms with E-state index in [1.165, 1.54) is 0 Å². The van der Waals surface area contributed by atoms with Gasteiger partial charge in [-0.1, -0.05) is 6.07 Å². The van der Waals surface area contributed by atoms with E-state index in [0.717, 1.165) is 25.3 Å². The Labute approximate surface area is 93.9 Å². The molecule has 0 aliphatic carbocycles. The Balaban J connectivity index is 3.34. The molecule has 0 bridgehead atoms. The number of hydrogen-bond acceptors (Lipinski definition) is 5. The molecule has 0 N–H and O–H groups in total. The Morgan fingerprint density at radius 3 is 2.59 bits per heavy atom. The molecule has 0 heterocycles. The number of halogens is 2. The predicted molar refractivity (Wildman–Crippen MR) is 51.1 cm³/mol. The second kappa shape index (κ2) is 5.19. The van der Waals surface area contributed by atoms with E-state index in [2.05, 4.69) is 9.47 Å². The molecule has 0 fully saturated rings. The first-order valence-electron chi connectivity index (χ1n) is 4.28. The molecule has 0 aliphatic rings. The van der Waals surface area contributed by atoms with Crippen LogP contribution in [0.15, 0.2) is 18.2 Å². The second-order valence-corrected chi connectivity index (χ2v) is 2.78. The Bertz CT molecular complexity index is 449. The molecule has 8 heteroatoms. The Hall–Kier alpha value is -2.25. The maximum absolute atomic E-state index is 12.1. The lowest BCUT2D eigenvalue weighted by Gasteiger charge is -2.08. The summed E-state index contributed by atoms with van der Waals surface area (Å²) in [5.74, 6) is -1.71. The van der Waals surface area contributed by atoms with Crippen LogP contribution in [0.25, 0.3) is 0 Å². The lowest BCUT2D eigenvalue weighted by atomic mass is 10.1. The van der Waals surface area contributed by atoms with Gasteiger partial charge in [0, 0.05) is 6.07 Å². The first-order chi connectivity index (χ1) is 7.97. The highest BCUT2D eigenvalue weighted by atomic mass is 19.3. The van der Waals surface area contributed by atoms with E-state index in [4.69, 9.17) is 0 Å². The van der Waals surface area contributed by atoms with Crippen molar-refractivity contribution in [3.8, 4) is 5.75 Å². The lowest BCUT2D eigenvalue weighted by molar-refractivity contribution is -0.385. The molecular weight excluding hydrogens is 240 g/mol. The van der Waals surface area contributed by atoms with Gasteiger partial charge < -0.3 is 9.47 Å². The topological polar surface area (TPSA) is 78.7 Å². The van der Waals surface area contributed by atoms with Crippen molar-refractivity contribution in [2.75, 3.05) is 7.11 Å². The molecule has 1 rings (SSSR count). The zero-order chi connectivity index (χ0) is 13.0. The fraction of sp³-hybridized carbons (Fsp3) is 0.222. The van der Waals surface area contributed by atoms with Gasteiger partial charge in [0.2, 0.25) is 0 Å². The van der Waals surface area contributed by atoms with Gasteiger partial charge in [0.05, 0.1) is 12.0 Å². The number of methoxy groups -OCH3 is 1. The van der Waals surface area contributed by atoms with E-state index in [1.54, 1.807) is 0 Å². The minimum atomic E-state index is -3.19. The number of alkyl halides is 2. The summed E-state index contributed by atoms with van der Waals surface area (Å²) in [6.45, 7) is -3.19. The summed E-state index contributed by atoms with van der Waals surface area (Å²) in [6, 6.07) is 3.14. The highest BCUT2D eigenvalue weighted by Crippen LogP contribution is 2.29. The van der Waals surface area contributed by atoms with Gasteiger partial charge in [-0.25, -0.2) is 4.79 Å². The quantitative estimate of drug-likeness (QED) is 0.461. The smallest absolute Gasteiger partial charge is 0.387 e. The van der Waals surface area contributed by atoms with E-state index in [1.807, 2.05) is 0 Å². The SMILES string of the molecule is COC(=O)c1c(OC(F)F)cccc1[N+](=O)[O-]. The molecule has 6 nitrogen and oxygen atoms in total. The zero-order valence-corrected chi connectivity index (χ0v) is 8.55. The van der Waals surface area contributed by atoms with Crippen LogP contribution in [0.5, 0.6) is 5.75 Å². The normalized spacial score (nSPS) is 10.1. The van der Waals surface area contributed by atoms with Crippen LogP contribution in [0.2, 0.25) is 0 Å². The maximum atomic E-state index is 12.1. The predicted octanol–water partition coefficient (Wildman–Crippen LogP) is 1.98. The molecule has 0 radical (unpaired) electrons. The van der Waals surface area contributed by atoms with Crippen molar-refractivity contribution in [3.05, 3.63) is 33.9 Å². The molecule has 0 saturated carbocycles. The second-order valence-electron chi connectivity index (χ2n) is 2.78. The van der Waals surface area contributed by atoms with Crippen molar-refractivity contribution < 1.29 is 28.0 Å². The number of nitro benzene ring substituents is 1. The van der Waals surface area contributed by atoms with Gasteiger partial charge in [-0.2, -0.15) is 8.78 Å². The van der Waals surface area contributed by atoms with Gasteiger partial charge in [-0.05, 0) is 6.07 Å². The van der Waals surface area contributed by atoms with E-state index in [9.17, 15) is 23.7 Å². The average molecular weight is 247 g/mol. The number of benzene rings is 1. The third-order valence-electron chi connectivity index (χ3n) is 1.81. The number of ether oxygens (including phenoxy) is 2. The molecule has 0 saturated heterocycles. The van der Waals surface area contributed by atoms with Crippen LogP contribution in [0.4, 0.5) is 14.5 Å². The molecule has 92 valence electrons. The number of carbonyl (C=O) groups excluding carboxylic acids is 1. The van der Waals surface area contributed by atoms with Gasteiger partial charge in [-0.3, -0.25) is 10.1 Å². The third kappa shape index (κ3) is 2.86. The third-order valence-corrected chi connectivity index (χ3v) is 1.81. The molecule has 0 spiro atoms. The fourth-order valence-electron chi connectivity index (χ4n) is 1.17. The van der Waals surface area contributed by atoms with E-state index in [0.29, 0.717) is 0 Å². The standard InChI is InChI=1S/C9H7F2NO5/c1-16-8(13)7-5(12(14)15)3-2-4-6(7)17-9(10)11/h2-4,9H,1H3. The molecule has 0 aliphatic heterocycles. The van der Waals surface area contributed by atoms with Crippen molar-refractivity contribution >= 4 is 11.7 Å². The average Bonchev–Trinajstić information content (AvgIpc) is 2.26. The number of nitrogens with zero attached hydrogens (tertiary/aromatic N) is 1. The Kier molecular flexibility index (Phi) is 3.91. The van der Waals surface area contributed by atoms with E-state index >= 15 is 0 Å². The summed E-state index contributed by atoms with van der Waals surface area (Å²) in [5.41, 5.74) is -1.30. The van der Waals surface area contributed by atoms with Crippen LogP contribution in [-0.4, -0.2) is 24.6 Å². The Morgan fingerprint density at radius 1 is 1.47 bits per heavy atom. The van der Waals surface area contributed by atoms with Gasteiger partial charge in [0.15, 0.2) is 5.56 Å². The monoisotopic (exact) mass is 247 g/mol. The van der Waals surface area contributed by atoms with Gasteiger partial charge in [-0.15, -0.1) is 0 Å². The van der Waals surface area contributed by atoms with Gasteiger partial charge >= 0.3 is 12.6 Å². The fourth-order valence-corrected chi connectivity index (χ4v) is 1.17. The summed E-state index contributed by atoms with van der Waals surface area (Å²) < 4.78 is 32.4. The number of carbonyl (C=O) groups is 1. The lowest BCUT2D eigenvalue weighted by Crippen LogP contribution is -2.11. The highest BCUT2D eigenvalue weighted by molar-refractivity contribution is 5.96. The maximum Gasteiger partial charge on any atom is 0.387 e. The van der Waals surface area contributed by atoms with E-state index < -0.39 is 34.5 Å². The summed E-state index contributed by atoms with van der Waals surface area (Å²) in [6.07, 6.45) is 0. The molecule has 1 aromatic carbocycles. The van der Waals surface area contributed by atoms with Crippen molar-refractivity contribution in [1.82, 2.24) is 0 Å². The minimum Gasteiger partial charge on any atom is -0.465 e. The van der Waals surface area contributed by atoms with Crippen LogP contribution >= 0.6 is 0 Å². The molecule has 0 unspecified atom stereocenters. The van der Waals surface area contributed by atoms with Crippen molar-refractivity contribution in [2.24, 2.45) is 0 Å². The molecule has 0 aromatic heterocycles. The minimum absolute atomic E-state index is 0.596. The van der Waals surface area contributed by atoms with Crippen LogP contribution < -0.4 is 4.74 Å². The van der Waals surface area contributed by atoms with Crippen molar-refractivity contribution in [2.45, 2.75) is 6.61 Å². The number of esters is 1. The molecular formula is C9H7F2NO5. The summed E-state index contributed by atoms with van der Waals surface area (Å²) in [4.78, 5) is 21.0. The van der Waals surface area contributed by atoms with Crippen LogP contribution in [0, 0.1) is 10.1 Å². The first kappa shape index (κ1) is 12.8. The van der Waals surface area contributed by atoms with Crippen molar-refractivity contribution in [3.63, 3.8) is 0 Å². The first-order valence-corrected chi connectivity index (χ1v) is 4.28. The zero-order valence-electron chi connectivity index (χ0n) is 8.55. The van der Waals surface area contributed by atoms with Crippen molar-refractivity contribution in [1.29, 1.82) is 0 Å². The molecule has 1 aromatic rings.